The number of para-hydroxylation sites is 1. The summed E-state index contributed by atoms with van der Waals surface area (Å²) in [6.07, 6.45) is 2.35. The van der Waals surface area contributed by atoms with Gasteiger partial charge in [0.2, 0.25) is 0 Å². The van der Waals surface area contributed by atoms with Crippen LogP contribution in [0.25, 0.3) is 10.9 Å². The van der Waals surface area contributed by atoms with E-state index in [2.05, 4.69) is 9.97 Å². The summed E-state index contributed by atoms with van der Waals surface area (Å²) in [6, 6.07) is 4.91. The Kier molecular flexibility index (Phi) is 4.09. The molecule has 24 heavy (non-hydrogen) atoms. The molecular weight excluding hydrogens is 331 g/mol. The molecular formula is C17H18ClFN4O. The van der Waals surface area contributed by atoms with Crippen molar-refractivity contribution in [3.8, 4) is 0 Å². The number of H-pyrrole nitrogens is 1. The number of nitrogens with one attached hydrogen (secondary N) is 1. The van der Waals surface area contributed by atoms with Crippen molar-refractivity contribution < 1.29 is 9.18 Å². The largest absolute Gasteiger partial charge is 0.348 e. The summed E-state index contributed by atoms with van der Waals surface area (Å²) in [5.41, 5.74) is 3.87. The Morgan fingerprint density at radius 3 is 2.88 bits per heavy atom. The highest BCUT2D eigenvalue weighted by Crippen LogP contribution is 2.32. The number of amides is 1. The molecule has 1 amide bonds. The standard InChI is InChI=1S/C17H17FN4O.ClH/c1-10-13(20-9-19-10)8-22-7-6-14-15(17(22)23)11-4-3-5-12(18)16(11)21(14)2;/h3-5,9H,6-8H2,1-2H3,(H,19,20);1H. The maximum absolute atomic E-state index is 14.2. The number of rotatable bonds is 2. The molecule has 5 nitrogen and oxygen atoms in total. The van der Waals surface area contributed by atoms with Gasteiger partial charge in [-0.15, -0.1) is 12.4 Å². The lowest BCUT2D eigenvalue weighted by Crippen LogP contribution is -2.37. The molecule has 0 saturated heterocycles. The first kappa shape index (κ1) is 16.5. The van der Waals surface area contributed by atoms with E-state index in [1.165, 1.54) is 6.07 Å². The average molecular weight is 349 g/mol. The lowest BCUT2D eigenvalue weighted by atomic mass is 10.0. The molecule has 0 unspecified atom stereocenters. The molecule has 0 radical (unpaired) electrons. The Hall–Kier alpha value is -2.34. The summed E-state index contributed by atoms with van der Waals surface area (Å²) in [5.74, 6) is -0.341. The number of benzene rings is 1. The van der Waals surface area contributed by atoms with Gasteiger partial charge in [0.25, 0.3) is 5.91 Å². The molecule has 1 aromatic carbocycles. The number of aromatic nitrogens is 3. The second-order valence-corrected chi connectivity index (χ2v) is 5.97. The molecule has 0 atom stereocenters. The van der Waals surface area contributed by atoms with E-state index in [1.807, 2.05) is 24.6 Å². The van der Waals surface area contributed by atoms with Gasteiger partial charge in [-0.2, -0.15) is 0 Å². The predicted molar refractivity (Wildman–Crippen MR) is 91.9 cm³/mol. The lowest BCUT2D eigenvalue weighted by molar-refractivity contribution is 0.0725. The molecule has 0 fully saturated rings. The Morgan fingerprint density at radius 2 is 2.17 bits per heavy atom. The molecule has 3 heterocycles. The highest BCUT2D eigenvalue weighted by Gasteiger charge is 2.31. The van der Waals surface area contributed by atoms with Crippen LogP contribution in [0.15, 0.2) is 24.5 Å². The van der Waals surface area contributed by atoms with E-state index in [0.717, 1.165) is 23.5 Å². The molecule has 1 N–H and O–H groups in total. The Labute approximate surface area is 144 Å². The minimum absolute atomic E-state index is 0. The van der Waals surface area contributed by atoms with Gasteiger partial charge >= 0.3 is 0 Å². The molecule has 0 aliphatic carbocycles. The fourth-order valence-corrected chi connectivity index (χ4v) is 3.43. The maximum atomic E-state index is 14.2. The van der Waals surface area contributed by atoms with Gasteiger partial charge in [-0.3, -0.25) is 4.79 Å². The zero-order chi connectivity index (χ0) is 16.1. The Morgan fingerprint density at radius 1 is 1.38 bits per heavy atom. The number of hydrogen-bond acceptors (Lipinski definition) is 2. The first-order chi connectivity index (χ1) is 11.1. The van der Waals surface area contributed by atoms with E-state index < -0.39 is 0 Å². The highest BCUT2D eigenvalue weighted by molar-refractivity contribution is 6.09. The fourth-order valence-electron chi connectivity index (χ4n) is 3.43. The zero-order valence-electron chi connectivity index (χ0n) is 13.5. The van der Waals surface area contributed by atoms with Crippen molar-refractivity contribution in [2.24, 2.45) is 7.05 Å². The summed E-state index contributed by atoms with van der Waals surface area (Å²) in [7, 11) is 1.82. The van der Waals surface area contributed by atoms with E-state index >= 15 is 0 Å². The molecule has 126 valence electrons. The van der Waals surface area contributed by atoms with Gasteiger partial charge < -0.3 is 14.5 Å². The molecule has 0 saturated carbocycles. The second-order valence-electron chi connectivity index (χ2n) is 5.97. The van der Waals surface area contributed by atoms with Crippen molar-refractivity contribution in [2.75, 3.05) is 6.54 Å². The van der Waals surface area contributed by atoms with Crippen LogP contribution in [-0.2, 0) is 20.0 Å². The number of carbonyl (C=O) groups is 1. The minimum atomic E-state index is -0.290. The van der Waals surface area contributed by atoms with Crippen molar-refractivity contribution in [3.05, 3.63) is 53.0 Å². The van der Waals surface area contributed by atoms with Gasteiger partial charge in [-0.1, -0.05) is 12.1 Å². The maximum Gasteiger partial charge on any atom is 0.256 e. The number of halogens is 2. The summed E-state index contributed by atoms with van der Waals surface area (Å²) in [5, 5.41) is 0.691. The zero-order valence-corrected chi connectivity index (χ0v) is 14.3. The summed E-state index contributed by atoms with van der Waals surface area (Å²) < 4.78 is 16.0. The van der Waals surface area contributed by atoms with Crippen LogP contribution in [0.4, 0.5) is 4.39 Å². The molecule has 0 spiro atoms. The van der Waals surface area contributed by atoms with E-state index in [9.17, 15) is 9.18 Å². The topological polar surface area (TPSA) is 53.9 Å². The molecule has 0 bridgehead atoms. The molecule has 1 aliphatic heterocycles. The van der Waals surface area contributed by atoms with Gasteiger partial charge in [0.05, 0.1) is 29.6 Å². The molecule has 1 aliphatic rings. The van der Waals surface area contributed by atoms with E-state index in [1.54, 1.807) is 17.3 Å². The van der Waals surface area contributed by atoms with E-state index in [4.69, 9.17) is 0 Å². The Bertz CT molecular complexity index is 930. The van der Waals surface area contributed by atoms with Gasteiger partial charge in [0.15, 0.2) is 0 Å². The van der Waals surface area contributed by atoms with Crippen LogP contribution in [0, 0.1) is 12.7 Å². The van der Waals surface area contributed by atoms with Gasteiger partial charge in [0, 0.05) is 36.8 Å². The third-order valence-corrected chi connectivity index (χ3v) is 4.68. The first-order valence-electron chi connectivity index (χ1n) is 7.62. The van der Waals surface area contributed by atoms with Crippen LogP contribution < -0.4 is 0 Å². The van der Waals surface area contributed by atoms with Crippen LogP contribution in [0.1, 0.15) is 27.4 Å². The number of fused-ring (bicyclic) bond motifs is 3. The normalized spacial score (nSPS) is 14.0. The fraction of sp³-hybridized carbons (Fsp3) is 0.294. The third-order valence-electron chi connectivity index (χ3n) is 4.68. The number of aryl methyl sites for hydroxylation is 2. The molecule has 7 heteroatoms. The van der Waals surface area contributed by atoms with Crippen LogP contribution in [-0.4, -0.2) is 31.9 Å². The number of aromatic amines is 1. The van der Waals surface area contributed by atoms with Crippen LogP contribution >= 0.6 is 12.4 Å². The van der Waals surface area contributed by atoms with Crippen LogP contribution in [0.3, 0.4) is 0 Å². The Balaban J connectivity index is 0.00000169. The van der Waals surface area contributed by atoms with Crippen LogP contribution in [0.2, 0.25) is 0 Å². The highest BCUT2D eigenvalue weighted by atomic mass is 35.5. The summed E-state index contributed by atoms with van der Waals surface area (Å²) in [6.45, 7) is 3.03. The van der Waals surface area contributed by atoms with E-state index in [0.29, 0.717) is 29.6 Å². The van der Waals surface area contributed by atoms with Crippen molar-refractivity contribution in [1.29, 1.82) is 0 Å². The monoisotopic (exact) mass is 348 g/mol. The number of nitrogens with zero attached hydrogens (tertiary/aromatic N) is 3. The van der Waals surface area contributed by atoms with Crippen molar-refractivity contribution >= 4 is 29.2 Å². The van der Waals surface area contributed by atoms with Gasteiger partial charge in [-0.25, -0.2) is 9.37 Å². The SMILES string of the molecule is Cc1[nH]cnc1CN1CCc2c(c3cccc(F)c3n2C)C1=O.Cl. The summed E-state index contributed by atoms with van der Waals surface area (Å²) >= 11 is 0. The number of imidazole rings is 1. The molecule has 3 aromatic rings. The molecule has 2 aromatic heterocycles. The smallest absolute Gasteiger partial charge is 0.256 e. The lowest BCUT2D eigenvalue weighted by Gasteiger charge is -2.27. The number of carbonyl (C=O) groups excluding carboxylic acids is 1. The summed E-state index contributed by atoms with van der Waals surface area (Å²) in [4.78, 5) is 22.0. The van der Waals surface area contributed by atoms with Gasteiger partial charge in [0.1, 0.15) is 5.82 Å². The van der Waals surface area contributed by atoms with Crippen molar-refractivity contribution in [3.63, 3.8) is 0 Å². The van der Waals surface area contributed by atoms with Gasteiger partial charge in [-0.05, 0) is 13.0 Å². The van der Waals surface area contributed by atoms with Crippen LogP contribution in [0.5, 0.6) is 0 Å². The van der Waals surface area contributed by atoms with Crippen molar-refractivity contribution in [2.45, 2.75) is 19.9 Å². The number of hydrogen-bond donors (Lipinski definition) is 1. The average Bonchev–Trinajstić information content (AvgIpc) is 3.06. The second kappa shape index (κ2) is 5.94. The molecule has 4 rings (SSSR count). The minimum Gasteiger partial charge on any atom is -0.348 e. The van der Waals surface area contributed by atoms with E-state index in [-0.39, 0.29) is 24.1 Å². The quantitative estimate of drug-likeness (QED) is 0.774. The first-order valence-corrected chi connectivity index (χ1v) is 7.62. The predicted octanol–water partition coefficient (Wildman–Crippen LogP) is 2.97. The van der Waals surface area contributed by atoms with Crippen molar-refractivity contribution in [1.82, 2.24) is 19.4 Å². The third kappa shape index (κ3) is 2.29.